The lowest BCUT2D eigenvalue weighted by molar-refractivity contribution is 0.0620. The van der Waals surface area contributed by atoms with Crippen LogP contribution in [0.5, 0.6) is 0 Å². The number of benzene rings is 1. The fourth-order valence-corrected chi connectivity index (χ4v) is 2.74. The first-order chi connectivity index (χ1) is 12.3. The molecule has 0 aliphatic carbocycles. The molecule has 7 heteroatoms. The molecule has 1 saturated heterocycles. The molecule has 0 bridgehead atoms. The molecule has 0 spiro atoms. The Kier molecular flexibility index (Phi) is 5.54. The zero-order chi connectivity index (χ0) is 17.5. The number of carbonyl (C=O) groups excluding carboxylic acids is 1. The van der Waals surface area contributed by atoms with E-state index >= 15 is 0 Å². The molecule has 25 heavy (non-hydrogen) atoms. The van der Waals surface area contributed by atoms with E-state index in [0.29, 0.717) is 31.0 Å². The van der Waals surface area contributed by atoms with Crippen molar-refractivity contribution in [2.45, 2.75) is 24.9 Å². The van der Waals surface area contributed by atoms with Gasteiger partial charge in [0, 0.05) is 18.4 Å². The van der Waals surface area contributed by atoms with Gasteiger partial charge in [0.1, 0.15) is 12.1 Å². The van der Waals surface area contributed by atoms with Crippen molar-refractivity contribution in [3.05, 3.63) is 54.0 Å². The van der Waals surface area contributed by atoms with E-state index in [4.69, 9.17) is 10.00 Å². The van der Waals surface area contributed by atoms with Crippen LogP contribution in [0.3, 0.4) is 0 Å². The van der Waals surface area contributed by atoms with E-state index in [1.807, 2.05) is 0 Å². The monoisotopic (exact) mass is 337 g/mol. The van der Waals surface area contributed by atoms with Gasteiger partial charge in [0.2, 0.25) is 0 Å². The minimum atomic E-state index is -0.134. The topological polar surface area (TPSA) is 99.9 Å². The molecule has 0 unspecified atom stereocenters. The highest BCUT2D eigenvalue weighted by atomic mass is 16.5. The van der Waals surface area contributed by atoms with Gasteiger partial charge in [0.05, 0.1) is 31.2 Å². The van der Waals surface area contributed by atoms with Gasteiger partial charge in [0.25, 0.3) is 5.91 Å². The zero-order valence-electron chi connectivity index (χ0n) is 13.7. The fraction of sp³-hybridized carbons (Fsp3) is 0.333. The first-order valence-corrected chi connectivity index (χ1v) is 8.13. The highest BCUT2D eigenvalue weighted by Crippen LogP contribution is 2.14. The number of nitrogens with one attached hydrogen (secondary N) is 2. The standard InChI is InChI=1S/C18H19N5O2/c19-8-5-13-1-3-14(4-2-13)18(24)23-15-7-10-25-11-16(15)22-17-6-9-20-12-21-17/h1-4,6,9,12,15-16H,5,7,10-11H2,(H,23,24)(H,20,21,22)/t15-,16+/m0/s1. The van der Waals surface area contributed by atoms with E-state index in [1.165, 1.54) is 6.33 Å². The van der Waals surface area contributed by atoms with Crippen LogP contribution >= 0.6 is 0 Å². The molecule has 1 aliphatic rings. The van der Waals surface area contributed by atoms with E-state index in [9.17, 15) is 4.79 Å². The van der Waals surface area contributed by atoms with Crippen molar-refractivity contribution in [2.75, 3.05) is 18.5 Å². The van der Waals surface area contributed by atoms with Gasteiger partial charge in [0.15, 0.2) is 0 Å². The average Bonchev–Trinajstić information content (AvgIpc) is 2.65. The van der Waals surface area contributed by atoms with Crippen LogP contribution in [0.4, 0.5) is 5.82 Å². The van der Waals surface area contributed by atoms with Gasteiger partial charge in [-0.25, -0.2) is 9.97 Å². The predicted octanol–water partition coefficient (Wildman–Crippen LogP) is 1.54. The second kappa shape index (κ2) is 8.22. The summed E-state index contributed by atoms with van der Waals surface area (Å²) in [6, 6.07) is 10.8. The van der Waals surface area contributed by atoms with E-state index in [1.54, 1.807) is 36.5 Å². The van der Waals surface area contributed by atoms with Gasteiger partial charge in [-0.3, -0.25) is 4.79 Å². The highest BCUT2D eigenvalue weighted by Gasteiger charge is 2.27. The lowest BCUT2D eigenvalue weighted by atomic mass is 10.0. The van der Waals surface area contributed by atoms with Gasteiger partial charge < -0.3 is 15.4 Å². The number of nitrogens with zero attached hydrogens (tertiary/aromatic N) is 3. The van der Waals surface area contributed by atoms with E-state index < -0.39 is 0 Å². The molecular weight excluding hydrogens is 318 g/mol. The van der Waals surface area contributed by atoms with Gasteiger partial charge in [-0.05, 0) is 30.2 Å². The Morgan fingerprint density at radius 3 is 2.84 bits per heavy atom. The molecule has 2 atom stereocenters. The summed E-state index contributed by atoms with van der Waals surface area (Å²) < 4.78 is 5.53. The largest absolute Gasteiger partial charge is 0.379 e. The number of nitriles is 1. The first-order valence-electron chi connectivity index (χ1n) is 8.13. The highest BCUT2D eigenvalue weighted by molar-refractivity contribution is 5.94. The number of carbonyl (C=O) groups is 1. The number of rotatable bonds is 5. The second-order valence-corrected chi connectivity index (χ2v) is 5.82. The van der Waals surface area contributed by atoms with Crippen molar-refractivity contribution in [1.29, 1.82) is 5.26 Å². The number of amides is 1. The number of anilines is 1. The predicted molar refractivity (Wildman–Crippen MR) is 91.9 cm³/mol. The van der Waals surface area contributed by atoms with Crippen molar-refractivity contribution >= 4 is 11.7 Å². The zero-order valence-corrected chi connectivity index (χ0v) is 13.7. The molecule has 0 saturated carbocycles. The van der Waals surface area contributed by atoms with Crippen LogP contribution in [0, 0.1) is 11.3 Å². The molecule has 7 nitrogen and oxygen atoms in total. The summed E-state index contributed by atoms with van der Waals surface area (Å²) in [5.74, 6) is 0.565. The Morgan fingerprint density at radius 2 is 2.12 bits per heavy atom. The van der Waals surface area contributed by atoms with Crippen molar-refractivity contribution in [1.82, 2.24) is 15.3 Å². The number of aromatic nitrogens is 2. The smallest absolute Gasteiger partial charge is 0.251 e. The lowest BCUT2D eigenvalue weighted by Crippen LogP contribution is -2.52. The van der Waals surface area contributed by atoms with Crippen LogP contribution in [-0.4, -0.2) is 41.2 Å². The van der Waals surface area contributed by atoms with Crippen molar-refractivity contribution < 1.29 is 9.53 Å². The van der Waals surface area contributed by atoms with Gasteiger partial charge >= 0.3 is 0 Å². The van der Waals surface area contributed by atoms with Gasteiger partial charge in [-0.2, -0.15) is 5.26 Å². The molecule has 2 heterocycles. The maximum Gasteiger partial charge on any atom is 0.251 e. The summed E-state index contributed by atoms with van der Waals surface area (Å²) in [6.45, 7) is 1.10. The Labute approximate surface area is 146 Å². The summed E-state index contributed by atoms with van der Waals surface area (Å²) >= 11 is 0. The van der Waals surface area contributed by atoms with Crippen LogP contribution in [0.15, 0.2) is 42.9 Å². The van der Waals surface area contributed by atoms with Crippen LogP contribution in [-0.2, 0) is 11.2 Å². The molecule has 0 radical (unpaired) electrons. The average molecular weight is 337 g/mol. The van der Waals surface area contributed by atoms with Crippen molar-refractivity contribution in [3.63, 3.8) is 0 Å². The summed E-state index contributed by atoms with van der Waals surface area (Å²) in [5, 5.41) is 15.1. The molecule has 128 valence electrons. The third-order valence-electron chi connectivity index (χ3n) is 4.09. The summed E-state index contributed by atoms with van der Waals surface area (Å²) in [7, 11) is 0. The molecule has 2 aromatic rings. The summed E-state index contributed by atoms with van der Waals surface area (Å²) in [6.07, 6.45) is 4.20. The lowest BCUT2D eigenvalue weighted by Gasteiger charge is -2.33. The number of hydrogen-bond donors (Lipinski definition) is 2. The minimum absolute atomic E-state index is 0.0602. The maximum absolute atomic E-state index is 12.5. The van der Waals surface area contributed by atoms with Gasteiger partial charge in [-0.15, -0.1) is 0 Å². The van der Waals surface area contributed by atoms with Crippen molar-refractivity contribution in [3.8, 4) is 6.07 Å². The molecule has 1 fully saturated rings. The fourth-order valence-electron chi connectivity index (χ4n) is 2.74. The third-order valence-corrected chi connectivity index (χ3v) is 4.09. The van der Waals surface area contributed by atoms with Crippen LogP contribution in [0.1, 0.15) is 22.3 Å². The summed E-state index contributed by atoms with van der Waals surface area (Å²) in [5.41, 5.74) is 1.47. The van der Waals surface area contributed by atoms with E-state index in [-0.39, 0.29) is 18.0 Å². The normalized spacial score (nSPS) is 19.6. The SMILES string of the molecule is N#CCc1ccc(C(=O)N[C@H]2CCOC[C@H]2Nc2ccncn2)cc1. The van der Waals surface area contributed by atoms with E-state index in [2.05, 4.69) is 26.7 Å². The van der Waals surface area contributed by atoms with Gasteiger partial charge in [-0.1, -0.05) is 12.1 Å². The van der Waals surface area contributed by atoms with E-state index in [0.717, 1.165) is 12.0 Å². The summed E-state index contributed by atoms with van der Waals surface area (Å²) in [4.78, 5) is 20.6. The Balaban J connectivity index is 1.64. The molecule has 1 aliphatic heterocycles. The molecule has 1 aromatic heterocycles. The quantitative estimate of drug-likeness (QED) is 0.858. The molecule has 1 amide bonds. The number of ether oxygens (including phenoxy) is 1. The second-order valence-electron chi connectivity index (χ2n) is 5.82. The van der Waals surface area contributed by atoms with Crippen LogP contribution in [0.25, 0.3) is 0 Å². The third kappa shape index (κ3) is 4.52. The Hall–Kier alpha value is -2.98. The number of hydrogen-bond acceptors (Lipinski definition) is 6. The maximum atomic E-state index is 12.5. The van der Waals surface area contributed by atoms with Crippen molar-refractivity contribution in [2.24, 2.45) is 0 Å². The molecule has 1 aromatic carbocycles. The Morgan fingerprint density at radius 1 is 1.28 bits per heavy atom. The molecular formula is C18H19N5O2. The Bertz CT molecular complexity index is 742. The molecule has 2 N–H and O–H groups in total. The van der Waals surface area contributed by atoms with Crippen LogP contribution in [0.2, 0.25) is 0 Å². The molecule has 3 rings (SSSR count). The minimum Gasteiger partial charge on any atom is -0.379 e. The van der Waals surface area contributed by atoms with Crippen LogP contribution < -0.4 is 10.6 Å². The first kappa shape index (κ1) is 16.9.